The lowest BCUT2D eigenvalue weighted by Gasteiger charge is -2.18. The first-order valence-corrected chi connectivity index (χ1v) is 9.44. The van der Waals surface area contributed by atoms with Gasteiger partial charge in [0.2, 0.25) is 17.6 Å². The number of hydrogen-bond donors (Lipinski definition) is 0. The number of ether oxygens (including phenoxy) is 1. The molecule has 0 spiro atoms. The number of methoxy groups -OCH3 is 1. The lowest BCUT2D eigenvalue weighted by Crippen LogP contribution is -2.24. The van der Waals surface area contributed by atoms with Gasteiger partial charge in [-0.3, -0.25) is 4.79 Å². The predicted octanol–water partition coefficient (Wildman–Crippen LogP) is 4.39. The molecule has 2 heterocycles. The Kier molecular flexibility index (Phi) is 4.86. The number of carbonyl (C=O) groups excluding carboxylic acids is 1. The number of aromatic nitrogens is 2. The number of rotatable bonds is 5. The number of para-hydroxylation sites is 2. The van der Waals surface area contributed by atoms with Gasteiger partial charge in [-0.25, -0.2) is 0 Å². The Hall–Kier alpha value is -3.15. The van der Waals surface area contributed by atoms with Crippen molar-refractivity contribution in [2.24, 2.45) is 0 Å². The zero-order valence-electron chi connectivity index (χ0n) is 16.3. The summed E-state index contributed by atoms with van der Waals surface area (Å²) >= 11 is 0. The normalized spacial score (nSPS) is 16.8. The van der Waals surface area contributed by atoms with Gasteiger partial charge in [-0.15, -0.1) is 0 Å². The highest BCUT2D eigenvalue weighted by molar-refractivity contribution is 5.97. The highest BCUT2D eigenvalue weighted by Crippen LogP contribution is 2.36. The summed E-state index contributed by atoms with van der Waals surface area (Å²) in [4.78, 5) is 18.9. The predicted molar refractivity (Wildman–Crippen MR) is 107 cm³/mol. The van der Waals surface area contributed by atoms with Crippen molar-refractivity contribution in [1.29, 1.82) is 0 Å². The third kappa shape index (κ3) is 3.38. The molecule has 0 saturated carbocycles. The van der Waals surface area contributed by atoms with E-state index >= 15 is 0 Å². The van der Waals surface area contributed by atoms with E-state index in [0.29, 0.717) is 36.3 Å². The van der Waals surface area contributed by atoms with Gasteiger partial charge in [0.15, 0.2) is 0 Å². The van der Waals surface area contributed by atoms with Gasteiger partial charge >= 0.3 is 0 Å². The lowest BCUT2D eigenvalue weighted by atomic mass is 10.0. The Labute approximate surface area is 164 Å². The van der Waals surface area contributed by atoms with E-state index in [2.05, 4.69) is 36.1 Å². The molecule has 28 heavy (non-hydrogen) atoms. The summed E-state index contributed by atoms with van der Waals surface area (Å²) in [6.45, 7) is 4.81. The van der Waals surface area contributed by atoms with Gasteiger partial charge in [0.1, 0.15) is 5.75 Å². The first-order valence-electron chi connectivity index (χ1n) is 9.44. The third-order valence-corrected chi connectivity index (χ3v) is 5.13. The molecule has 2 aromatic carbocycles. The van der Waals surface area contributed by atoms with E-state index < -0.39 is 0 Å². The van der Waals surface area contributed by atoms with Crippen LogP contribution in [-0.4, -0.2) is 29.7 Å². The van der Waals surface area contributed by atoms with Gasteiger partial charge < -0.3 is 14.2 Å². The van der Waals surface area contributed by atoms with Crippen molar-refractivity contribution >= 4 is 11.6 Å². The van der Waals surface area contributed by atoms with Crippen LogP contribution in [-0.2, 0) is 4.79 Å². The second-order valence-electron chi connectivity index (χ2n) is 7.31. The van der Waals surface area contributed by atoms with E-state index in [9.17, 15) is 4.79 Å². The van der Waals surface area contributed by atoms with Crippen LogP contribution < -0.4 is 9.64 Å². The average molecular weight is 377 g/mol. The number of benzene rings is 2. The topological polar surface area (TPSA) is 68.5 Å². The molecule has 0 bridgehead atoms. The van der Waals surface area contributed by atoms with Gasteiger partial charge in [-0.2, -0.15) is 4.98 Å². The highest BCUT2D eigenvalue weighted by Gasteiger charge is 2.36. The summed E-state index contributed by atoms with van der Waals surface area (Å²) in [5.74, 6) is 2.08. The smallest absolute Gasteiger partial charge is 0.232 e. The maximum atomic E-state index is 12.6. The second-order valence-corrected chi connectivity index (χ2v) is 7.31. The Bertz CT molecular complexity index is 979. The van der Waals surface area contributed by atoms with Crippen molar-refractivity contribution in [3.05, 3.63) is 60.0 Å². The summed E-state index contributed by atoms with van der Waals surface area (Å²) in [6, 6.07) is 15.7. The number of carbonyl (C=O) groups is 1. The van der Waals surface area contributed by atoms with Crippen molar-refractivity contribution in [3.63, 3.8) is 0 Å². The molecule has 1 atom stereocenters. The molecule has 6 heteroatoms. The molecule has 1 amide bonds. The Morgan fingerprint density at radius 3 is 2.61 bits per heavy atom. The fraction of sp³-hybridized carbons (Fsp3) is 0.318. The zero-order chi connectivity index (χ0) is 19.7. The molecular formula is C22H23N3O3. The molecule has 1 saturated heterocycles. The minimum Gasteiger partial charge on any atom is -0.495 e. The lowest BCUT2D eigenvalue weighted by molar-refractivity contribution is -0.117. The molecule has 0 aliphatic carbocycles. The molecule has 1 aromatic heterocycles. The quantitative estimate of drug-likeness (QED) is 0.660. The maximum absolute atomic E-state index is 12.6. The summed E-state index contributed by atoms with van der Waals surface area (Å²) in [5, 5.41) is 4.12. The molecule has 0 N–H and O–H groups in total. The molecule has 1 unspecified atom stereocenters. The van der Waals surface area contributed by atoms with Gasteiger partial charge in [0.25, 0.3) is 0 Å². The van der Waals surface area contributed by atoms with Crippen molar-refractivity contribution in [3.8, 4) is 17.1 Å². The monoisotopic (exact) mass is 377 g/mol. The number of anilines is 1. The zero-order valence-corrected chi connectivity index (χ0v) is 16.3. The van der Waals surface area contributed by atoms with Crippen LogP contribution in [0, 0.1) is 0 Å². The molecule has 144 valence electrons. The molecule has 6 nitrogen and oxygen atoms in total. The van der Waals surface area contributed by atoms with Crippen molar-refractivity contribution < 1.29 is 14.1 Å². The van der Waals surface area contributed by atoms with Crippen molar-refractivity contribution in [1.82, 2.24) is 10.1 Å². The van der Waals surface area contributed by atoms with Crippen LogP contribution in [0.15, 0.2) is 53.1 Å². The summed E-state index contributed by atoms with van der Waals surface area (Å²) < 4.78 is 10.9. The van der Waals surface area contributed by atoms with Crippen molar-refractivity contribution in [2.75, 3.05) is 18.6 Å². The van der Waals surface area contributed by atoms with Crippen LogP contribution in [0.5, 0.6) is 5.75 Å². The molecule has 0 radical (unpaired) electrons. The molecular weight excluding hydrogens is 354 g/mol. The molecule has 1 aliphatic heterocycles. The van der Waals surface area contributed by atoms with E-state index in [1.807, 2.05) is 36.4 Å². The Balaban J connectivity index is 1.54. The SMILES string of the molecule is COc1ccccc1N1CC(c2nc(-c3ccc(C(C)C)cc3)no2)CC1=O. The number of hydrogen-bond acceptors (Lipinski definition) is 5. The van der Waals surface area contributed by atoms with Crippen LogP contribution in [0.3, 0.4) is 0 Å². The summed E-state index contributed by atoms with van der Waals surface area (Å²) in [5.41, 5.74) is 2.94. The molecule has 3 aromatic rings. The van der Waals surface area contributed by atoms with Crippen LogP contribution in [0.1, 0.15) is 43.6 Å². The van der Waals surface area contributed by atoms with Gasteiger partial charge in [-0.1, -0.05) is 55.4 Å². The minimum absolute atomic E-state index is 0.0236. The summed E-state index contributed by atoms with van der Waals surface area (Å²) in [7, 11) is 1.60. The number of nitrogens with zero attached hydrogens (tertiary/aromatic N) is 3. The van der Waals surface area contributed by atoms with Gasteiger partial charge in [0.05, 0.1) is 18.7 Å². The second kappa shape index (κ2) is 7.46. The van der Waals surface area contributed by atoms with Crippen LogP contribution >= 0.6 is 0 Å². The highest BCUT2D eigenvalue weighted by atomic mass is 16.5. The first-order chi connectivity index (χ1) is 13.6. The largest absolute Gasteiger partial charge is 0.495 e. The van der Waals surface area contributed by atoms with E-state index in [-0.39, 0.29) is 11.8 Å². The maximum Gasteiger partial charge on any atom is 0.232 e. The van der Waals surface area contributed by atoms with E-state index in [4.69, 9.17) is 9.26 Å². The molecule has 1 aliphatic rings. The van der Waals surface area contributed by atoms with Crippen LogP contribution in [0.2, 0.25) is 0 Å². The minimum atomic E-state index is -0.131. The Morgan fingerprint density at radius 2 is 1.89 bits per heavy atom. The summed E-state index contributed by atoms with van der Waals surface area (Å²) in [6.07, 6.45) is 0.339. The van der Waals surface area contributed by atoms with Gasteiger partial charge in [-0.05, 0) is 23.6 Å². The fourth-order valence-electron chi connectivity index (χ4n) is 3.49. The Morgan fingerprint density at radius 1 is 1.14 bits per heavy atom. The van der Waals surface area contributed by atoms with Crippen LogP contribution in [0.4, 0.5) is 5.69 Å². The molecule has 1 fully saturated rings. The third-order valence-electron chi connectivity index (χ3n) is 5.13. The van der Waals surface area contributed by atoms with E-state index in [1.165, 1.54) is 5.56 Å². The van der Waals surface area contributed by atoms with E-state index in [1.54, 1.807) is 12.0 Å². The standard InChI is InChI=1S/C22H23N3O3/c1-14(2)15-8-10-16(11-9-15)21-23-22(28-24-21)17-12-20(26)25(13-17)18-6-4-5-7-19(18)27-3/h4-11,14,17H,12-13H2,1-3H3. The van der Waals surface area contributed by atoms with E-state index in [0.717, 1.165) is 11.3 Å². The first kappa shape index (κ1) is 18.2. The molecule has 4 rings (SSSR count). The van der Waals surface area contributed by atoms with Gasteiger partial charge in [0, 0.05) is 18.5 Å². The average Bonchev–Trinajstić information content (AvgIpc) is 3.35. The van der Waals surface area contributed by atoms with Crippen LogP contribution in [0.25, 0.3) is 11.4 Å². The number of amides is 1. The van der Waals surface area contributed by atoms with Crippen molar-refractivity contribution in [2.45, 2.75) is 32.1 Å². The fourth-order valence-corrected chi connectivity index (χ4v) is 3.49.